The first-order valence-electron chi connectivity index (χ1n) is 5.81. The molecule has 0 aromatic heterocycles. The van der Waals surface area contributed by atoms with Gasteiger partial charge in [0.2, 0.25) is 0 Å². The maximum absolute atomic E-state index is 11.7. The molecule has 0 aromatic rings. The van der Waals surface area contributed by atoms with E-state index in [2.05, 4.69) is 11.0 Å². The minimum absolute atomic E-state index is 0.0186. The quantitative estimate of drug-likeness (QED) is 0.526. The monoisotopic (exact) mass is 211 g/mol. The Hall–Kier alpha value is -0.830. The van der Waals surface area contributed by atoms with E-state index < -0.39 is 0 Å². The van der Waals surface area contributed by atoms with E-state index in [0.717, 1.165) is 25.9 Å². The zero-order chi connectivity index (χ0) is 11.1. The second kappa shape index (κ2) is 6.62. The van der Waals surface area contributed by atoms with Crippen molar-refractivity contribution in [2.24, 2.45) is 0 Å². The van der Waals surface area contributed by atoms with Crippen LogP contribution >= 0.6 is 0 Å². The molecule has 1 saturated heterocycles. The van der Waals surface area contributed by atoms with Crippen molar-refractivity contribution >= 4 is 5.97 Å². The lowest BCUT2D eigenvalue weighted by Crippen LogP contribution is -2.45. The van der Waals surface area contributed by atoms with Crippen molar-refractivity contribution in [1.29, 1.82) is 0 Å². The number of ether oxygens (including phenoxy) is 1. The van der Waals surface area contributed by atoms with Crippen LogP contribution in [0.2, 0.25) is 0 Å². The lowest BCUT2D eigenvalue weighted by Gasteiger charge is -2.32. The molecule has 1 heterocycles. The molecule has 1 rings (SSSR count). The van der Waals surface area contributed by atoms with Gasteiger partial charge < -0.3 is 4.74 Å². The average Bonchev–Trinajstić information content (AvgIpc) is 2.27. The van der Waals surface area contributed by atoms with E-state index >= 15 is 0 Å². The number of nitrogens with zero attached hydrogens (tertiary/aromatic N) is 1. The number of hydrogen-bond acceptors (Lipinski definition) is 3. The van der Waals surface area contributed by atoms with E-state index in [1.165, 1.54) is 6.42 Å². The number of esters is 1. The Kier molecular flexibility index (Phi) is 5.40. The van der Waals surface area contributed by atoms with Crippen molar-refractivity contribution < 1.29 is 9.53 Å². The maximum Gasteiger partial charge on any atom is 0.323 e. The summed E-state index contributed by atoms with van der Waals surface area (Å²) in [7, 11) is 0. The Balaban J connectivity index is 2.52. The molecule has 0 spiro atoms. The summed E-state index contributed by atoms with van der Waals surface area (Å²) in [5.74, 6) is -0.0540. The lowest BCUT2D eigenvalue weighted by atomic mass is 10.0. The minimum Gasteiger partial charge on any atom is -0.465 e. The van der Waals surface area contributed by atoms with E-state index in [0.29, 0.717) is 6.61 Å². The zero-order valence-corrected chi connectivity index (χ0v) is 9.74. The van der Waals surface area contributed by atoms with Crippen molar-refractivity contribution in [1.82, 2.24) is 4.90 Å². The summed E-state index contributed by atoms with van der Waals surface area (Å²) in [6.07, 6.45) is 7.38. The Morgan fingerprint density at radius 1 is 1.53 bits per heavy atom. The molecule has 0 N–H and O–H groups in total. The molecule has 1 unspecified atom stereocenters. The van der Waals surface area contributed by atoms with Crippen LogP contribution in [0.25, 0.3) is 0 Å². The summed E-state index contributed by atoms with van der Waals surface area (Å²) in [6, 6.07) is -0.0186. The highest BCUT2D eigenvalue weighted by molar-refractivity contribution is 5.75. The number of carbonyl (C=O) groups excluding carboxylic acids is 1. The first-order valence-corrected chi connectivity index (χ1v) is 5.81. The van der Waals surface area contributed by atoms with Crippen LogP contribution in [0, 0.1) is 0 Å². The number of piperidine rings is 1. The van der Waals surface area contributed by atoms with E-state index in [9.17, 15) is 4.79 Å². The van der Waals surface area contributed by atoms with Gasteiger partial charge in [0.15, 0.2) is 0 Å². The molecule has 1 atom stereocenters. The predicted octanol–water partition coefficient (Wildman–Crippen LogP) is 1.98. The second-order valence-corrected chi connectivity index (χ2v) is 3.83. The van der Waals surface area contributed by atoms with E-state index in [-0.39, 0.29) is 12.0 Å². The molecule has 0 aromatic carbocycles. The first kappa shape index (κ1) is 12.2. The highest BCUT2D eigenvalue weighted by Gasteiger charge is 2.28. The summed E-state index contributed by atoms with van der Waals surface area (Å²) in [5.41, 5.74) is 0. The molecule has 0 saturated carbocycles. The summed E-state index contributed by atoms with van der Waals surface area (Å²) in [6.45, 7) is 6.21. The molecule has 3 heteroatoms. The average molecular weight is 211 g/mol. The van der Waals surface area contributed by atoms with Crippen molar-refractivity contribution in [3.8, 4) is 0 Å². The molecular weight excluding hydrogens is 190 g/mol. The van der Waals surface area contributed by atoms with Gasteiger partial charge in [0, 0.05) is 6.54 Å². The molecule has 0 amide bonds. The Morgan fingerprint density at radius 3 is 3.00 bits per heavy atom. The summed E-state index contributed by atoms with van der Waals surface area (Å²) < 4.78 is 5.09. The molecule has 15 heavy (non-hydrogen) atoms. The standard InChI is InChI=1S/C12H21NO2/c1-3-5-9-13-10-7-6-8-11(13)12(14)15-4-2/h3,5,11H,4,6-10H2,1-2H3/b5-3+. The Bertz CT molecular complexity index is 226. The second-order valence-electron chi connectivity index (χ2n) is 3.83. The molecule has 3 nitrogen and oxygen atoms in total. The highest BCUT2D eigenvalue weighted by atomic mass is 16.5. The molecule has 1 aliphatic rings. The molecule has 0 bridgehead atoms. The van der Waals surface area contributed by atoms with Gasteiger partial charge in [0.05, 0.1) is 6.61 Å². The molecule has 1 aliphatic heterocycles. The van der Waals surface area contributed by atoms with Gasteiger partial charge in [-0.05, 0) is 33.2 Å². The lowest BCUT2D eigenvalue weighted by molar-refractivity contribution is -0.150. The molecule has 86 valence electrons. The van der Waals surface area contributed by atoms with Crippen molar-refractivity contribution in [3.63, 3.8) is 0 Å². The smallest absolute Gasteiger partial charge is 0.323 e. The van der Waals surface area contributed by atoms with Gasteiger partial charge >= 0.3 is 5.97 Å². The summed E-state index contributed by atoms with van der Waals surface area (Å²) in [4.78, 5) is 13.9. The van der Waals surface area contributed by atoms with Crippen LogP contribution in [0.4, 0.5) is 0 Å². The van der Waals surface area contributed by atoms with Crippen LogP contribution in [0.1, 0.15) is 33.1 Å². The van der Waals surface area contributed by atoms with Gasteiger partial charge in [-0.1, -0.05) is 18.6 Å². The zero-order valence-electron chi connectivity index (χ0n) is 9.74. The normalized spacial score (nSPS) is 23.2. The minimum atomic E-state index is -0.0540. The van der Waals surface area contributed by atoms with E-state index in [1.54, 1.807) is 0 Å². The van der Waals surface area contributed by atoms with Crippen LogP contribution in [0.15, 0.2) is 12.2 Å². The number of hydrogen-bond donors (Lipinski definition) is 0. The third-order valence-electron chi connectivity index (χ3n) is 2.75. The largest absolute Gasteiger partial charge is 0.465 e. The number of allylic oxidation sites excluding steroid dienone is 1. The van der Waals surface area contributed by atoms with Crippen LogP contribution in [0.5, 0.6) is 0 Å². The molecule has 1 fully saturated rings. The topological polar surface area (TPSA) is 29.5 Å². The Labute approximate surface area is 92.1 Å². The fourth-order valence-corrected chi connectivity index (χ4v) is 1.96. The van der Waals surface area contributed by atoms with E-state index in [1.807, 2.05) is 19.9 Å². The SMILES string of the molecule is C/C=C/CN1CCCCC1C(=O)OCC. The van der Waals surface area contributed by atoms with Gasteiger partial charge in [-0.15, -0.1) is 0 Å². The van der Waals surface area contributed by atoms with Crippen LogP contribution < -0.4 is 0 Å². The number of likely N-dealkylation sites (tertiary alicyclic amines) is 1. The summed E-state index contributed by atoms with van der Waals surface area (Å²) >= 11 is 0. The van der Waals surface area contributed by atoms with Gasteiger partial charge in [-0.25, -0.2) is 0 Å². The predicted molar refractivity (Wildman–Crippen MR) is 60.7 cm³/mol. The van der Waals surface area contributed by atoms with Crippen molar-refractivity contribution in [2.45, 2.75) is 39.2 Å². The highest BCUT2D eigenvalue weighted by Crippen LogP contribution is 2.17. The van der Waals surface area contributed by atoms with Crippen molar-refractivity contribution in [2.75, 3.05) is 19.7 Å². The van der Waals surface area contributed by atoms with Gasteiger partial charge in [-0.3, -0.25) is 9.69 Å². The van der Waals surface area contributed by atoms with Gasteiger partial charge in [0.25, 0.3) is 0 Å². The number of rotatable bonds is 4. The molecular formula is C12H21NO2. The molecule has 0 aliphatic carbocycles. The number of carbonyl (C=O) groups is 1. The Morgan fingerprint density at radius 2 is 2.33 bits per heavy atom. The van der Waals surface area contributed by atoms with Gasteiger partial charge in [-0.2, -0.15) is 0 Å². The van der Waals surface area contributed by atoms with Crippen molar-refractivity contribution in [3.05, 3.63) is 12.2 Å². The van der Waals surface area contributed by atoms with Gasteiger partial charge in [0.1, 0.15) is 6.04 Å². The third kappa shape index (κ3) is 3.67. The third-order valence-corrected chi connectivity index (χ3v) is 2.75. The van der Waals surface area contributed by atoms with Crippen LogP contribution in [-0.2, 0) is 9.53 Å². The fraction of sp³-hybridized carbons (Fsp3) is 0.750. The maximum atomic E-state index is 11.7. The first-order chi connectivity index (χ1) is 7.29. The van der Waals surface area contributed by atoms with E-state index in [4.69, 9.17) is 4.74 Å². The van der Waals surface area contributed by atoms with Crippen LogP contribution in [-0.4, -0.2) is 36.6 Å². The fourth-order valence-electron chi connectivity index (χ4n) is 1.96. The molecule has 0 radical (unpaired) electrons. The summed E-state index contributed by atoms with van der Waals surface area (Å²) in [5, 5.41) is 0. The van der Waals surface area contributed by atoms with Crippen LogP contribution in [0.3, 0.4) is 0 Å².